The van der Waals surface area contributed by atoms with Crippen LogP contribution in [-0.4, -0.2) is 63.6 Å². The molecule has 7 heteroatoms. The standard InChI is InChI=1S/C26H33N3O3S/c1-27(33(2,31)32)23-14-10-13-22(19-23)24-15-6-7-18-29(26(24)30)25(20-28-16-8-9-17-28)21-11-4-3-5-12-21/h3-7,10-14,19,24-25H,8-9,15-18,20H2,1-2H3/t24?,25-/m1/s1. The van der Waals surface area contributed by atoms with Crippen LogP contribution in [0.25, 0.3) is 0 Å². The molecule has 1 fully saturated rings. The summed E-state index contributed by atoms with van der Waals surface area (Å²) in [4.78, 5) is 18.4. The quantitative estimate of drug-likeness (QED) is 0.582. The highest BCUT2D eigenvalue weighted by Crippen LogP contribution is 2.33. The predicted octanol–water partition coefficient (Wildman–Crippen LogP) is 3.79. The number of sulfonamides is 1. The summed E-state index contributed by atoms with van der Waals surface area (Å²) in [6, 6.07) is 17.6. The molecule has 1 unspecified atom stereocenters. The highest BCUT2D eigenvalue weighted by molar-refractivity contribution is 7.92. The third kappa shape index (κ3) is 5.47. The number of amides is 1. The van der Waals surface area contributed by atoms with Gasteiger partial charge in [0.05, 0.1) is 23.9 Å². The van der Waals surface area contributed by atoms with Gasteiger partial charge in [0.15, 0.2) is 0 Å². The van der Waals surface area contributed by atoms with E-state index in [1.807, 2.05) is 41.3 Å². The minimum Gasteiger partial charge on any atom is -0.330 e. The van der Waals surface area contributed by atoms with Gasteiger partial charge in [-0.05, 0) is 55.6 Å². The van der Waals surface area contributed by atoms with Crippen LogP contribution in [0.4, 0.5) is 5.69 Å². The normalized spacial score (nSPS) is 20.6. The van der Waals surface area contributed by atoms with E-state index in [1.165, 1.54) is 30.5 Å². The Morgan fingerprint density at radius 3 is 2.45 bits per heavy atom. The van der Waals surface area contributed by atoms with Crippen LogP contribution < -0.4 is 4.31 Å². The zero-order valence-corrected chi connectivity index (χ0v) is 20.2. The summed E-state index contributed by atoms with van der Waals surface area (Å²) < 4.78 is 25.3. The minimum atomic E-state index is -3.38. The number of allylic oxidation sites excluding steroid dienone is 1. The molecule has 2 aromatic rings. The van der Waals surface area contributed by atoms with Gasteiger partial charge in [0.1, 0.15) is 0 Å². The van der Waals surface area contributed by atoms with Gasteiger partial charge in [-0.3, -0.25) is 9.10 Å². The topological polar surface area (TPSA) is 60.9 Å². The molecule has 2 aromatic carbocycles. The Morgan fingerprint density at radius 1 is 1.03 bits per heavy atom. The van der Waals surface area contributed by atoms with Crippen molar-refractivity contribution in [1.29, 1.82) is 0 Å². The number of likely N-dealkylation sites (tertiary alicyclic amines) is 1. The molecule has 4 rings (SSSR count). The number of carbonyl (C=O) groups excluding carboxylic acids is 1. The molecule has 1 saturated heterocycles. The Kier molecular flexibility index (Phi) is 7.20. The molecule has 0 spiro atoms. The average Bonchev–Trinajstić information content (AvgIpc) is 3.25. The van der Waals surface area contributed by atoms with Gasteiger partial charge in [-0.15, -0.1) is 0 Å². The fourth-order valence-electron chi connectivity index (χ4n) is 4.77. The predicted molar refractivity (Wildman–Crippen MR) is 133 cm³/mol. The monoisotopic (exact) mass is 467 g/mol. The smallest absolute Gasteiger partial charge is 0.231 e. The van der Waals surface area contributed by atoms with Gasteiger partial charge in [0, 0.05) is 20.1 Å². The molecule has 0 aliphatic carbocycles. The number of hydrogen-bond acceptors (Lipinski definition) is 4. The van der Waals surface area contributed by atoms with Gasteiger partial charge in [0.2, 0.25) is 15.9 Å². The van der Waals surface area contributed by atoms with Crippen molar-refractivity contribution >= 4 is 21.6 Å². The summed E-state index contributed by atoms with van der Waals surface area (Å²) in [7, 11) is -1.84. The molecule has 0 saturated carbocycles. The molecule has 6 nitrogen and oxygen atoms in total. The first-order valence-electron chi connectivity index (χ1n) is 11.6. The number of rotatable bonds is 7. The zero-order valence-electron chi connectivity index (χ0n) is 19.4. The lowest BCUT2D eigenvalue weighted by atomic mass is 9.93. The first-order valence-corrected chi connectivity index (χ1v) is 13.5. The molecular formula is C26H33N3O3S. The zero-order chi connectivity index (χ0) is 23.4. The molecule has 0 N–H and O–H groups in total. The van der Waals surface area contributed by atoms with E-state index in [1.54, 1.807) is 6.07 Å². The van der Waals surface area contributed by atoms with E-state index in [0.29, 0.717) is 18.7 Å². The number of benzene rings is 2. The van der Waals surface area contributed by atoms with Gasteiger partial charge in [-0.1, -0.05) is 54.6 Å². The molecule has 33 heavy (non-hydrogen) atoms. The number of nitrogens with zero attached hydrogens (tertiary/aromatic N) is 3. The van der Waals surface area contributed by atoms with Gasteiger partial charge in [0.25, 0.3) is 0 Å². The summed E-state index contributed by atoms with van der Waals surface area (Å²) in [5, 5.41) is 0. The van der Waals surface area contributed by atoms with Gasteiger partial charge < -0.3 is 9.80 Å². The molecule has 0 bridgehead atoms. The molecule has 2 aliphatic heterocycles. The Hall–Kier alpha value is -2.64. The summed E-state index contributed by atoms with van der Waals surface area (Å²) in [6.07, 6.45) is 8.37. The van der Waals surface area contributed by atoms with Crippen molar-refractivity contribution in [3.8, 4) is 0 Å². The molecular weight excluding hydrogens is 434 g/mol. The molecule has 0 aromatic heterocycles. The first kappa shape index (κ1) is 23.5. The summed E-state index contributed by atoms with van der Waals surface area (Å²) >= 11 is 0. The molecule has 0 radical (unpaired) electrons. The Morgan fingerprint density at radius 2 is 1.76 bits per heavy atom. The molecule has 1 amide bonds. The largest absolute Gasteiger partial charge is 0.330 e. The second-order valence-electron chi connectivity index (χ2n) is 9.01. The average molecular weight is 468 g/mol. The van der Waals surface area contributed by atoms with Crippen LogP contribution in [0.1, 0.15) is 42.3 Å². The van der Waals surface area contributed by atoms with E-state index in [0.717, 1.165) is 30.8 Å². The number of anilines is 1. The van der Waals surface area contributed by atoms with Crippen LogP contribution in [0, 0.1) is 0 Å². The van der Waals surface area contributed by atoms with Gasteiger partial charge in [-0.25, -0.2) is 8.42 Å². The van der Waals surface area contributed by atoms with Crippen molar-refractivity contribution in [1.82, 2.24) is 9.80 Å². The SMILES string of the molecule is CN(c1cccc(C2CC=CCN([C@H](CN3CCCC3)c3ccccc3)C2=O)c1)S(C)(=O)=O. The van der Waals surface area contributed by atoms with Crippen LogP contribution in [0.3, 0.4) is 0 Å². The second kappa shape index (κ2) is 10.1. The van der Waals surface area contributed by atoms with Crippen LogP contribution >= 0.6 is 0 Å². The van der Waals surface area contributed by atoms with Crippen LogP contribution in [-0.2, 0) is 14.8 Å². The van der Waals surface area contributed by atoms with Crippen LogP contribution in [0.15, 0.2) is 66.7 Å². The van der Waals surface area contributed by atoms with E-state index in [9.17, 15) is 13.2 Å². The van der Waals surface area contributed by atoms with Crippen molar-refractivity contribution in [2.45, 2.75) is 31.2 Å². The first-order chi connectivity index (χ1) is 15.8. The molecule has 176 valence electrons. The van der Waals surface area contributed by atoms with Crippen LogP contribution in [0.5, 0.6) is 0 Å². The Balaban J connectivity index is 1.66. The van der Waals surface area contributed by atoms with E-state index < -0.39 is 10.0 Å². The highest BCUT2D eigenvalue weighted by Gasteiger charge is 2.33. The second-order valence-corrected chi connectivity index (χ2v) is 11.0. The third-order valence-electron chi connectivity index (χ3n) is 6.75. The Bertz CT molecular complexity index is 1090. The van der Waals surface area contributed by atoms with E-state index in [4.69, 9.17) is 0 Å². The lowest BCUT2D eigenvalue weighted by molar-refractivity contribution is -0.134. The van der Waals surface area contributed by atoms with Gasteiger partial charge in [-0.2, -0.15) is 0 Å². The highest BCUT2D eigenvalue weighted by atomic mass is 32.2. The Labute approximate surface area is 197 Å². The molecule has 2 aliphatic rings. The van der Waals surface area contributed by atoms with Crippen molar-refractivity contribution in [3.05, 3.63) is 77.9 Å². The van der Waals surface area contributed by atoms with Crippen LogP contribution in [0.2, 0.25) is 0 Å². The summed E-state index contributed by atoms with van der Waals surface area (Å²) in [5.41, 5.74) is 2.56. The van der Waals surface area contributed by atoms with E-state index >= 15 is 0 Å². The number of carbonyl (C=O) groups is 1. The minimum absolute atomic E-state index is 0.0241. The maximum Gasteiger partial charge on any atom is 0.231 e. The third-order valence-corrected chi connectivity index (χ3v) is 7.95. The van der Waals surface area contributed by atoms with E-state index in [-0.39, 0.29) is 17.9 Å². The molecule has 2 heterocycles. The van der Waals surface area contributed by atoms with Gasteiger partial charge >= 0.3 is 0 Å². The van der Waals surface area contributed by atoms with Crippen molar-refractivity contribution in [2.75, 3.05) is 43.8 Å². The maximum atomic E-state index is 13.9. The maximum absolute atomic E-state index is 13.9. The fraction of sp³-hybridized carbons (Fsp3) is 0.423. The van der Waals surface area contributed by atoms with Crippen molar-refractivity contribution < 1.29 is 13.2 Å². The fourth-order valence-corrected chi connectivity index (χ4v) is 5.27. The van der Waals surface area contributed by atoms with Crippen molar-refractivity contribution in [2.24, 2.45) is 0 Å². The lowest BCUT2D eigenvalue weighted by Gasteiger charge is -2.35. The van der Waals surface area contributed by atoms with Crippen molar-refractivity contribution in [3.63, 3.8) is 0 Å². The lowest BCUT2D eigenvalue weighted by Crippen LogP contribution is -2.42. The molecule has 2 atom stereocenters. The summed E-state index contributed by atoms with van der Waals surface area (Å²) in [5.74, 6) is -0.256. The van der Waals surface area contributed by atoms with E-state index in [2.05, 4.69) is 29.2 Å². The number of hydrogen-bond donors (Lipinski definition) is 0. The summed E-state index contributed by atoms with van der Waals surface area (Å²) in [6.45, 7) is 3.55.